The van der Waals surface area contributed by atoms with Gasteiger partial charge in [-0.05, 0) is 38.5 Å². The summed E-state index contributed by atoms with van der Waals surface area (Å²) in [5.74, 6) is -0.154. The number of halogens is 1. The van der Waals surface area contributed by atoms with Crippen LogP contribution in [0.1, 0.15) is 31.1 Å². The van der Waals surface area contributed by atoms with Crippen molar-refractivity contribution in [2.24, 2.45) is 0 Å². The van der Waals surface area contributed by atoms with Crippen molar-refractivity contribution in [3.8, 4) is 0 Å². The highest BCUT2D eigenvalue weighted by atomic mass is 35.5. The van der Waals surface area contributed by atoms with Gasteiger partial charge in [0, 0.05) is 11.9 Å². The molecule has 1 rings (SSSR count). The highest BCUT2D eigenvalue weighted by Gasteiger charge is 2.13. The van der Waals surface area contributed by atoms with Crippen molar-refractivity contribution in [1.82, 2.24) is 10.3 Å². The Kier molecular flexibility index (Phi) is 4.09. The van der Waals surface area contributed by atoms with E-state index in [4.69, 9.17) is 11.6 Å². The summed E-state index contributed by atoms with van der Waals surface area (Å²) in [6.45, 7) is 5.50. The molecule has 1 aromatic heterocycles. The lowest BCUT2D eigenvalue weighted by Gasteiger charge is -2.15. The fraction of sp³-hybridized carbons (Fsp3) is 0.455. The van der Waals surface area contributed by atoms with E-state index >= 15 is 0 Å². The summed E-state index contributed by atoms with van der Waals surface area (Å²) < 4.78 is 0. The predicted molar refractivity (Wildman–Crippen MR) is 60.8 cm³/mol. The smallest absolute Gasteiger partial charge is 0.238 e. The molecular formula is C11H15ClN2O. The van der Waals surface area contributed by atoms with Crippen LogP contribution in [-0.4, -0.2) is 16.3 Å². The van der Waals surface area contributed by atoms with E-state index in [1.165, 1.54) is 0 Å². The van der Waals surface area contributed by atoms with Gasteiger partial charge in [-0.2, -0.15) is 0 Å². The van der Waals surface area contributed by atoms with E-state index in [-0.39, 0.29) is 11.9 Å². The van der Waals surface area contributed by atoms with Crippen LogP contribution in [-0.2, 0) is 4.79 Å². The Morgan fingerprint density at radius 3 is 2.73 bits per heavy atom. The molecule has 0 bridgehead atoms. The van der Waals surface area contributed by atoms with Crippen LogP contribution < -0.4 is 5.32 Å². The van der Waals surface area contributed by atoms with Gasteiger partial charge in [0.1, 0.15) is 5.38 Å². The second-order valence-corrected chi connectivity index (χ2v) is 4.23. The van der Waals surface area contributed by atoms with Crippen LogP contribution in [0.2, 0.25) is 0 Å². The molecule has 0 aliphatic carbocycles. The van der Waals surface area contributed by atoms with E-state index in [9.17, 15) is 4.79 Å². The van der Waals surface area contributed by atoms with Crippen molar-refractivity contribution < 1.29 is 4.79 Å². The lowest BCUT2D eigenvalue weighted by Crippen LogP contribution is -2.31. The lowest BCUT2D eigenvalue weighted by atomic mass is 10.1. The van der Waals surface area contributed by atoms with Crippen LogP contribution in [0.3, 0.4) is 0 Å². The van der Waals surface area contributed by atoms with Crippen molar-refractivity contribution in [2.45, 2.75) is 32.2 Å². The summed E-state index contributed by atoms with van der Waals surface area (Å²) in [7, 11) is 0. The zero-order chi connectivity index (χ0) is 11.4. The Labute approximate surface area is 94.9 Å². The molecule has 0 aliphatic heterocycles. The molecule has 0 saturated heterocycles. The molecular weight excluding hydrogens is 212 g/mol. The summed E-state index contributed by atoms with van der Waals surface area (Å²) in [6.07, 6.45) is 1.73. The number of aryl methyl sites for hydroxylation is 1. The third-order valence-corrected chi connectivity index (χ3v) is 2.34. The molecule has 1 amide bonds. The number of hydrogen-bond donors (Lipinski definition) is 1. The van der Waals surface area contributed by atoms with E-state index < -0.39 is 5.38 Å². The molecule has 2 unspecified atom stereocenters. The molecule has 0 saturated carbocycles. The number of aromatic nitrogens is 1. The van der Waals surface area contributed by atoms with Gasteiger partial charge >= 0.3 is 0 Å². The van der Waals surface area contributed by atoms with Crippen molar-refractivity contribution >= 4 is 17.5 Å². The van der Waals surface area contributed by atoms with Gasteiger partial charge in [-0.1, -0.05) is 0 Å². The molecule has 0 fully saturated rings. The molecule has 0 aromatic carbocycles. The zero-order valence-corrected chi connectivity index (χ0v) is 9.88. The average molecular weight is 227 g/mol. The number of amides is 1. The molecule has 0 aliphatic rings. The first kappa shape index (κ1) is 12.0. The van der Waals surface area contributed by atoms with Gasteiger partial charge in [-0.15, -0.1) is 11.6 Å². The maximum atomic E-state index is 11.4. The molecule has 4 heteroatoms. The Balaban J connectivity index is 2.69. The number of carbonyl (C=O) groups excluding carboxylic acids is 1. The second-order valence-electron chi connectivity index (χ2n) is 3.58. The maximum absolute atomic E-state index is 11.4. The van der Waals surface area contributed by atoms with Gasteiger partial charge in [0.15, 0.2) is 0 Å². The van der Waals surface area contributed by atoms with Gasteiger partial charge in [-0.25, -0.2) is 0 Å². The van der Waals surface area contributed by atoms with Crippen LogP contribution in [0.5, 0.6) is 0 Å². The standard InChI is InChI=1S/C11H15ClN2O/c1-7-6-10(4-5-13-7)9(3)14-11(15)8(2)12/h4-6,8-9H,1-3H3,(H,14,15). The van der Waals surface area contributed by atoms with Crippen LogP contribution in [0.15, 0.2) is 18.3 Å². The van der Waals surface area contributed by atoms with E-state index in [2.05, 4.69) is 10.3 Å². The first-order chi connectivity index (χ1) is 7.00. The molecule has 0 radical (unpaired) electrons. The number of nitrogens with one attached hydrogen (secondary N) is 1. The quantitative estimate of drug-likeness (QED) is 0.803. The molecule has 1 N–H and O–H groups in total. The summed E-state index contributed by atoms with van der Waals surface area (Å²) >= 11 is 5.67. The molecule has 1 heterocycles. The molecule has 2 atom stereocenters. The maximum Gasteiger partial charge on any atom is 0.238 e. The predicted octanol–water partition coefficient (Wildman–Crippen LogP) is 2.19. The summed E-state index contributed by atoms with van der Waals surface area (Å²) in [5, 5.41) is 2.32. The van der Waals surface area contributed by atoms with Gasteiger partial charge in [-0.3, -0.25) is 9.78 Å². The van der Waals surface area contributed by atoms with Gasteiger partial charge in [0.2, 0.25) is 5.91 Å². The Morgan fingerprint density at radius 2 is 2.20 bits per heavy atom. The monoisotopic (exact) mass is 226 g/mol. The zero-order valence-electron chi connectivity index (χ0n) is 9.12. The van der Waals surface area contributed by atoms with E-state index in [1.807, 2.05) is 26.0 Å². The minimum Gasteiger partial charge on any atom is -0.348 e. The van der Waals surface area contributed by atoms with Crippen LogP contribution >= 0.6 is 11.6 Å². The van der Waals surface area contributed by atoms with Crippen molar-refractivity contribution in [3.63, 3.8) is 0 Å². The first-order valence-corrected chi connectivity index (χ1v) is 5.31. The summed E-state index contributed by atoms with van der Waals surface area (Å²) in [6, 6.07) is 3.79. The lowest BCUT2D eigenvalue weighted by molar-refractivity contribution is -0.121. The topological polar surface area (TPSA) is 42.0 Å². The summed E-state index contributed by atoms with van der Waals surface area (Å²) in [5.41, 5.74) is 1.97. The number of nitrogens with zero attached hydrogens (tertiary/aromatic N) is 1. The Bertz CT molecular complexity index is 352. The van der Waals surface area contributed by atoms with E-state index in [1.54, 1.807) is 13.1 Å². The summed E-state index contributed by atoms with van der Waals surface area (Å²) in [4.78, 5) is 15.5. The molecule has 3 nitrogen and oxygen atoms in total. The van der Waals surface area contributed by atoms with E-state index in [0.29, 0.717) is 0 Å². The van der Waals surface area contributed by atoms with Crippen LogP contribution in [0, 0.1) is 6.92 Å². The fourth-order valence-corrected chi connectivity index (χ4v) is 1.31. The number of pyridine rings is 1. The van der Waals surface area contributed by atoms with Gasteiger partial charge in [0.25, 0.3) is 0 Å². The third kappa shape index (κ3) is 3.51. The Morgan fingerprint density at radius 1 is 1.53 bits per heavy atom. The Hall–Kier alpha value is -1.09. The fourth-order valence-electron chi connectivity index (χ4n) is 1.25. The minimum atomic E-state index is -0.504. The van der Waals surface area contributed by atoms with Crippen molar-refractivity contribution in [2.75, 3.05) is 0 Å². The highest BCUT2D eigenvalue weighted by Crippen LogP contribution is 2.12. The molecule has 1 aromatic rings. The van der Waals surface area contributed by atoms with Crippen LogP contribution in [0.25, 0.3) is 0 Å². The number of alkyl halides is 1. The number of carbonyl (C=O) groups is 1. The highest BCUT2D eigenvalue weighted by molar-refractivity contribution is 6.30. The van der Waals surface area contributed by atoms with Crippen molar-refractivity contribution in [3.05, 3.63) is 29.6 Å². The SMILES string of the molecule is Cc1cc(C(C)NC(=O)C(C)Cl)ccn1. The molecule has 0 spiro atoms. The largest absolute Gasteiger partial charge is 0.348 e. The average Bonchev–Trinajstić information content (AvgIpc) is 2.17. The number of rotatable bonds is 3. The van der Waals surface area contributed by atoms with Gasteiger partial charge < -0.3 is 5.32 Å². The van der Waals surface area contributed by atoms with Crippen molar-refractivity contribution in [1.29, 1.82) is 0 Å². The van der Waals surface area contributed by atoms with Gasteiger partial charge in [0.05, 0.1) is 6.04 Å². The first-order valence-electron chi connectivity index (χ1n) is 4.87. The minimum absolute atomic E-state index is 0.0413. The molecule has 15 heavy (non-hydrogen) atoms. The third-order valence-electron chi connectivity index (χ3n) is 2.14. The van der Waals surface area contributed by atoms with E-state index in [0.717, 1.165) is 11.3 Å². The number of hydrogen-bond acceptors (Lipinski definition) is 2. The second kappa shape index (κ2) is 5.12. The molecule has 82 valence electrons. The normalized spacial score (nSPS) is 14.4. The van der Waals surface area contributed by atoms with Crippen LogP contribution in [0.4, 0.5) is 0 Å².